The fourth-order valence-electron chi connectivity index (χ4n) is 3.01. The van der Waals surface area contributed by atoms with E-state index in [1.54, 1.807) is 17.1 Å². The maximum atomic E-state index is 12.4. The SMILES string of the molecule is C=CCN(CC=C)C(=O)CN(C)[C@H]1CCc2ccccc21. The smallest absolute Gasteiger partial charge is 0.237 e. The summed E-state index contributed by atoms with van der Waals surface area (Å²) in [5, 5.41) is 0. The molecule has 0 radical (unpaired) electrons. The van der Waals surface area contributed by atoms with Gasteiger partial charge in [0.1, 0.15) is 0 Å². The molecule has 1 aliphatic rings. The van der Waals surface area contributed by atoms with Gasteiger partial charge in [-0.2, -0.15) is 0 Å². The standard InChI is InChI=1S/C18H24N2O/c1-4-12-20(13-5-2)18(21)14-19(3)17-11-10-15-8-6-7-9-16(15)17/h4-9,17H,1-2,10-14H2,3H3/t17-/m0/s1. The average Bonchev–Trinajstić information content (AvgIpc) is 2.91. The summed E-state index contributed by atoms with van der Waals surface area (Å²) in [5.74, 6) is 0.127. The first-order valence-corrected chi connectivity index (χ1v) is 7.45. The molecule has 0 bridgehead atoms. The molecule has 0 aromatic heterocycles. The van der Waals surface area contributed by atoms with Crippen LogP contribution >= 0.6 is 0 Å². The van der Waals surface area contributed by atoms with Crippen molar-refractivity contribution in [3.63, 3.8) is 0 Å². The molecule has 0 aliphatic heterocycles. The Labute approximate surface area is 127 Å². The summed E-state index contributed by atoms with van der Waals surface area (Å²) >= 11 is 0. The molecule has 0 unspecified atom stereocenters. The lowest BCUT2D eigenvalue weighted by atomic mass is 10.1. The highest BCUT2D eigenvalue weighted by molar-refractivity contribution is 5.78. The molecule has 1 aromatic carbocycles. The van der Waals surface area contributed by atoms with Crippen molar-refractivity contribution in [2.24, 2.45) is 0 Å². The summed E-state index contributed by atoms with van der Waals surface area (Å²) in [6, 6.07) is 8.88. The number of carbonyl (C=O) groups is 1. The normalized spacial score (nSPS) is 16.6. The van der Waals surface area contributed by atoms with Gasteiger partial charge in [-0.1, -0.05) is 36.4 Å². The van der Waals surface area contributed by atoms with Crippen LogP contribution < -0.4 is 0 Å². The monoisotopic (exact) mass is 284 g/mol. The van der Waals surface area contributed by atoms with E-state index in [9.17, 15) is 4.79 Å². The number of fused-ring (bicyclic) bond motifs is 1. The lowest BCUT2D eigenvalue weighted by molar-refractivity contribution is -0.131. The molecule has 0 heterocycles. The van der Waals surface area contributed by atoms with Crippen LogP contribution in [0.15, 0.2) is 49.6 Å². The number of nitrogens with zero attached hydrogens (tertiary/aromatic N) is 2. The molecule has 0 saturated heterocycles. The molecular formula is C18H24N2O. The zero-order chi connectivity index (χ0) is 15.2. The summed E-state index contributed by atoms with van der Waals surface area (Å²) in [5.41, 5.74) is 2.78. The average molecular weight is 284 g/mol. The van der Waals surface area contributed by atoms with E-state index in [4.69, 9.17) is 0 Å². The van der Waals surface area contributed by atoms with Crippen LogP contribution in [-0.4, -0.2) is 42.4 Å². The Morgan fingerprint density at radius 3 is 2.62 bits per heavy atom. The second-order valence-electron chi connectivity index (χ2n) is 5.54. The molecule has 3 heteroatoms. The number of hydrogen-bond donors (Lipinski definition) is 0. The molecule has 1 aromatic rings. The van der Waals surface area contributed by atoms with Crippen LogP contribution in [0.25, 0.3) is 0 Å². The molecule has 112 valence electrons. The quantitative estimate of drug-likeness (QED) is 0.719. The molecule has 0 N–H and O–H groups in total. The van der Waals surface area contributed by atoms with Crippen molar-refractivity contribution in [1.29, 1.82) is 0 Å². The van der Waals surface area contributed by atoms with E-state index in [1.165, 1.54) is 11.1 Å². The summed E-state index contributed by atoms with van der Waals surface area (Å²) < 4.78 is 0. The number of amides is 1. The van der Waals surface area contributed by atoms with Gasteiger partial charge < -0.3 is 4.90 Å². The number of benzene rings is 1. The molecular weight excluding hydrogens is 260 g/mol. The number of aryl methyl sites for hydroxylation is 1. The van der Waals surface area contributed by atoms with Gasteiger partial charge in [0.15, 0.2) is 0 Å². The molecule has 3 nitrogen and oxygen atoms in total. The van der Waals surface area contributed by atoms with Crippen molar-refractivity contribution in [2.75, 3.05) is 26.7 Å². The predicted octanol–water partition coefficient (Wildman–Crippen LogP) is 2.81. The first-order chi connectivity index (χ1) is 10.2. The van der Waals surface area contributed by atoms with Gasteiger partial charge in [-0.15, -0.1) is 13.2 Å². The molecule has 2 rings (SSSR count). The van der Waals surface area contributed by atoms with Gasteiger partial charge in [0, 0.05) is 19.1 Å². The summed E-state index contributed by atoms with van der Waals surface area (Å²) in [6.45, 7) is 8.99. The lowest BCUT2D eigenvalue weighted by Crippen LogP contribution is -2.40. The van der Waals surface area contributed by atoms with Gasteiger partial charge in [-0.05, 0) is 31.0 Å². The minimum absolute atomic E-state index is 0.127. The maximum Gasteiger partial charge on any atom is 0.237 e. The Bertz CT molecular complexity index is 514. The van der Waals surface area contributed by atoms with Crippen molar-refractivity contribution in [3.05, 3.63) is 60.7 Å². The Morgan fingerprint density at radius 1 is 1.29 bits per heavy atom. The Hall–Kier alpha value is -1.87. The van der Waals surface area contributed by atoms with Gasteiger partial charge in [0.2, 0.25) is 5.91 Å². The topological polar surface area (TPSA) is 23.6 Å². The molecule has 0 saturated carbocycles. The van der Waals surface area contributed by atoms with Crippen molar-refractivity contribution in [3.8, 4) is 0 Å². The number of rotatable bonds is 7. The largest absolute Gasteiger partial charge is 0.334 e. The van der Waals surface area contributed by atoms with Gasteiger partial charge in [-0.3, -0.25) is 9.69 Å². The van der Waals surface area contributed by atoms with E-state index in [-0.39, 0.29) is 5.91 Å². The van der Waals surface area contributed by atoms with E-state index in [0.29, 0.717) is 25.7 Å². The minimum Gasteiger partial charge on any atom is -0.334 e. The van der Waals surface area contributed by atoms with Crippen LogP contribution in [-0.2, 0) is 11.2 Å². The third-order valence-corrected chi connectivity index (χ3v) is 4.07. The van der Waals surface area contributed by atoms with Crippen molar-refractivity contribution in [2.45, 2.75) is 18.9 Å². The van der Waals surface area contributed by atoms with Crippen LogP contribution in [0, 0.1) is 0 Å². The first-order valence-electron chi connectivity index (χ1n) is 7.45. The number of hydrogen-bond acceptors (Lipinski definition) is 2. The van der Waals surface area contributed by atoms with Crippen LogP contribution in [0.2, 0.25) is 0 Å². The van der Waals surface area contributed by atoms with E-state index >= 15 is 0 Å². The number of likely N-dealkylation sites (N-methyl/N-ethyl adjacent to an activating group) is 1. The lowest BCUT2D eigenvalue weighted by Gasteiger charge is -2.28. The summed E-state index contributed by atoms with van der Waals surface area (Å²) in [7, 11) is 2.03. The zero-order valence-electron chi connectivity index (χ0n) is 12.8. The molecule has 1 aliphatic carbocycles. The highest BCUT2D eigenvalue weighted by Crippen LogP contribution is 2.34. The second kappa shape index (κ2) is 7.23. The van der Waals surface area contributed by atoms with Crippen molar-refractivity contribution >= 4 is 5.91 Å². The van der Waals surface area contributed by atoms with Gasteiger partial charge in [0.25, 0.3) is 0 Å². The molecule has 0 fully saturated rings. The Balaban J connectivity index is 2.01. The van der Waals surface area contributed by atoms with Gasteiger partial charge >= 0.3 is 0 Å². The van der Waals surface area contributed by atoms with E-state index in [0.717, 1.165) is 12.8 Å². The first kappa shape index (κ1) is 15.5. The Kier molecular flexibility index (Phi) is 5.34. The zero-order valence-corrected chi connectivity index (χ0v) is 12.8. The van der Waals surface area contributed by atoms with E-state index in [1.807, 2.05) is 7.05 Å². The summed E-state index contributed by atoms with van der Waals surface area (Å²) in [4.78, 5) is 16.3. The fourth-order valence-corrected chi connectivity index (χ4v) is 3.01. The molecule has 1 atom stereocenters. The van der Waals surface area contributed by atoms with Crippen LogP contribution in [0.5, 0.6) is 0 Å². The van der Waals surface area contributed by atoms with Crippen molar-refractivity contribution in [1.82, 2.24) is 9.80 Å². The fraction of sp³-hybridized carbons (Fsp3) is 0.389. The molecule has 1 amide bonds. The maximum absolute atomic E-state index is 12.4. The highest BCUT2D eigenvalue weighted by atomic mass is 16.2. The van der Waals surface area contributed by atoms with Crippen molar-refractivity contribution < 1.29 is 4.79 Å². The third-order valence-electron chi connectivity index (χ3n) is 4.07. The minimum atomic E-state index is 0.127. The third kappa shape index (κ3) is 3.61. The van der Waals surface area contributed by atoms with Crippen LogP contribution in [0.1, 0.15) is 23.6 Å². The van der Waals surface area contributed by atoms with Gasteiger partial charge in [0.05, 0.1) is 6.54 Å². The van der Waals surface area contributed by atoms with Gasteiger partial charge in [-0.25, -0.2) is 0 Å². The Morgan fingerprint density at radius 2 is 1.95 bits per heavy atom. The van der Waals surface area contributed by atoms with Crippen LogP contribution in [0.4, 0.5) is 0 Å². The van der Waals surface area contributed by atoms with E-state index in [2.05, 4.69) is 42.3 Å². The molecule has 0 spiro atoms. The highest BCUT2D eigenvalue weighted by Gasteiger charge is 2.27. The predicted molar refractivity (Wildman–Crippen MR) is 87.1 cm³/mol. The van der Waals surface area contributed by atoms with Crippen LogP contribution in [0.3, 0.4) is 0 Å². The van der Waals surface area contributed by atoms with E-state index < -0.39 is 0 Å². The summed E-state index contributed by atoms with van der Waals surface area (Å²) in [6.07, 6.45) is 5.70. The second-order valence-corrected chi connectivity index (χ2v) is 5.54. The number of carbonyl (C=O) groups excluding carboxylic acids is 1. The molecule has 21 heavy (non-hydrogen) atoms.